The third-order valence-electron chi connectivity index (χ3n) is 10.2. The molecular weight excluding hydrogens is 995 g/mol. The van der Waals surface area contributed by atoms with Crippen LogP contribution >= 0.6 is 46.8 Å². The molecule has 1 aromatic carbocycles. The number of epoxide rings is 1. The van der Waals surface area contributed by atoms with E-state index < -0.39 is 90.2 Å². The summed E-state index contributed by atoms with van der Waals surface area (Å²) in [7, 11) is -16.4. The first kappa shape index (κ1) is 54.8. The molecule has 3 aromatic rings. The van der Waals surface area contributed by atoms with Gasteiger partial charge in [-0.25, -0.2) is 28.6 Å². The van der Waals surface area contributed by atoms with E-state index in [9.17, 15) is 57.9 Å². The van der Waals surface area contributed by atoms with Crippen molar-refractivity contribution in [2.24, 2.45) is 5.41 Å². The number of ether oxygens (including phenoxy) is 3. The summed E-state index contributed by atoms with van der Waals surface area (Å²) >= 11 is 6.94. The number of benzene rings is 1. The van der Waals surface area contributed by atoms with Gasteiger partial charge >= 0.3 is 23.5 Å². The topological polar surface area (TPSA) is 385 Å². The highest BCUT2D eigenvalue weighted by atomic mass is 35.5. The van der Waals surface area contributed by atoms with Crippen molar-refractivity contribution in [2.75, 3.05) is 51.0 Å². The fraction of sp³-hybridized carbons (Fsp3) is 0.611. The van der Waals surface area contributed by atoms with E-state index in [1.165, 1.54) is 13.8 Å². The standard InChI is InChI=1S/C36H53ClN7O19P3S/c1-35(2,29(47)32(48)40-13-11-25(45)39-14-16-67-34(49)36(19-58-36)12-5-3-4-6-15-57-23-9-7-22(37)8-10-23)18-60-66(55,56)63-65(53,54)59-17-24-28(62-64(50,51)52)27(46)33(61-24)44-21-43-26-30(38)41-20-42-31(26)44/h7-10,20-21,24,27-29,33,46-47H,3-6,11-19H2,1-2H3,(H,39,45)(H,40,48)(H,53,54)(H,55,56)(H2,38,41,42)(H2,50,51,52)/t24-,27-,28-,29+,33-,36-/m1/s1. The molecular formula is C36H53ClN7O19P3S. The van der Waals surface area contributed by atoms with E-state index in [4.69, 9.17) is 40.6 Å². The summed E-state index contributed by atoms with van der Waals surface area (Å²) in [6.45, 7) is 1.33. The van der Waals surface area contributed by atoms with Gasteiger partial charge in [0.2, 0.25) is 16.9 Å². The second-order valence-electron chi connectivity index (χ2n) is 16.0. The molecule has 8 atom stereocenters. The van der Waals surface area contributed by atoms with Crippen LogP contribution in [0.4, 0.5) is 5.82 Å². The van der Waals surface area contributed by atoms with Crippen molar-refractivity contribution in [2.45, 2.75) is 88.6 Å². The lowest BCUT2D eigenvalue weighted by molar-refractivity contribution is -0.137. The molecule has 0 radical (unpaired) electrons. The van der Waals surface area contributed by atoms with E-state index in [2.05, 4.69) is 34.4 Å². The zero-order valence-electron chi connectivity index (χ0n) is 36.0. The largest absolute Gasteiger partial charge is 0.494 e. The minimum absolute atomic E-state index is 0.0263. The van der Waals surface area contributed by atoms with Gasteiger partial charge in [0.15, 0.2) is 23.3 Å². The van der Waals surface area contributed by atoms with Crippen molar-refractivity contribution in [3.8, 4) is 5.75 Å². The molecule has 4 heterocycles. The molecule has 67 heavy (non-hydrogen) atoms. The molecule has 2 amide bonds. The van der Waals surface area contributed by atoms with Gasteiger partial charge in [-0.15, -0.1) is 0 Å². The fourth-order valence-corrected chi connectivity index (χ4v) is 10.3. The number of hydrogen-bond acceptors (Lipinski definition) is 20. The van der Waals surface area contributed by atoms with E-state index in [0.717, 1.165) is 60.4 Å². The molecule has 2 unspecified atom stereocenters. The Morgan fingerprint density at radius 1 is 1.01 bits per heavy atom. The Kier molecular flexibility index (Phi) is 19.3. The van der Waals surface area contributed by atoms with E-state index in [1.54, 1.807) is 12.1 Å². The molecule has 0 spiro atoms. The molecule has 31 heteroatoms. The van der Waals surface area contributed by atoms with Crippen LogP contribution in [0.1, 0.15) is 58.6 Å². The summed E-state index contributed by atoms with van der Waals surface area (Å²) in [5.41, 5.74) is 3.45. The lowest BCUT2D eigenvalue weighted by Crippen LogP contribution is -2.46. The molecule has 10 N–H and O–H groups in total. The Balaban J connectivity index is 0.965. The number of aliphatic hydroxyl groups excluding tert-OH is 2. The maximum Gasteiger partial charge on any atom is 0.481 e. The summed E-state index contributed by atoms with van der Waals surface area (Å²) in [6.07, 6.45) is -2.88. The van der Waals surface area contributed by atoms with Gasteiger partial charge in [-0.05, 0) is 43.5 Å². The number of phosphoric acid groups is 3. The number of nitrogen functional groups attached to an aromatic ring is 1. The minimum atomic E-state index is -5.59. The molecule has 0 saturated carbocycles. The summed E-state index contributed by atoms with van der Waals surface area (Å²) < 4.78 is 73.6. The van der Waals surface area contributed by atoms with Crippen LogP contribution < -0.4 is 21.1 Å². The Hall–Kier alpha value is -3.17. The van der Waals surface area contributed by atoms with Gasteiger partial charge in [0.05, 0.1) is 32.8 Å². The number of unbranched alkanes of at least 4 members (excludes halogenated alkanes) is 3. The number of nitrogens with one attached hydrogen (secondary N) is 2. The fourth-order valence-electron chi connectivity index (χ4n) is 6.44. The normalized spacial score (nSPS) is 23.0. The third-order valence-corrected chi connectivity index (χ3v) is 14.6. The Morgan fingerprint density at radius 3 is 2.39 bits per heavy atom. The monoisotopic (exact) mass is 1050 g/mol. The number of fused-ring (bicyclic) bond motifs is 1. The van der Waals surface area contributed by atoms with E-state index in [-0.39, 0.29) is 41.6 Å². The number of rotatable bonds is 28. The number of nitrogens with zero attached hydrogens (tertiary/aromatic N) is 4. The van der Waals surface area contributed by atoms with Crippen molar-refractivity contribution in [3.05, 3.63) is 41.9 Å². The Bertz CT molecular complexity index is 2320. The van der Waals surface area contributed by atoms with Gasteiger partial charge in [-0.2, -0.15) is 4.31 Å². The highest BCUT2D eigenvalue weighted by Gasteiger charge is 2.52. The van der Waals surface area contributed by atoms with Gasteiger partial charge in [0, 0.05) is 35.7 Å². The summed E-state index contributed by atoms with van der Waals surface area (Å²) in [5.74, 6) is -0.445. The third kappa shape index (κ3) is 16.5. The molecule has 2 aliphatic rings. The van der Waals surface area contributed by atoms with E-state index >= 15 is 0 Å². The average molecular weight is 1050 g/mol. The number of aromatic nitrogens is 4. The van der Waals surface area contributed by atoms with Gasteiger partial charge in [-0.1, -0.05) is 50.1 Å². The van der Waals surface area contributed by atoms with Crippen molar-refractivity contribution >= 4 is 80.7 Å². The van der Waals surface area contributed by atoms with E-state index in [1.807, 2.05) is 12.1 Å². The van der Waals surface area contributed by atoms with Crippen LogP contribution in [0.3, 0.4) is 0 Å². The smallest absolute Gasteiger partial charge is 0.481 e. The predicted molar refractivity (Wildman–Crippen MR) is 236 cm³/mol. The zero-order chi connectivity index (χ0) is 49.2. The number of hydrogen-bond donors (Lipinski definition) is 9. The second kappa shape index (κ2) is 23.6. The van der Waals surface area contributed by atoms with Crippen LogP contribution in [0.5, 0.6) is 5.75 Å². The number of anilines is 1. The number of carbonyl (C=O) groups excluding carboxylic acids is 3. The lowest BCUT2D eigenvalue weighted by atomic mass is 9.87. The van der Waals surface area contributed by atoms with Crippen LogP contribution in [-0.4, -0.2) is 142 Å². The molecule has 374 valence electrons. The van der Waals surface area contributed by atoms with Crippen LogP contribution in [0.25, 0.3) is 11.2 Å². The van der Waals surface area contributed by atoms with Gasteiger partial charge < -0.3 is 60.4 Å². The number of nitrogens with two attached hydrogens (primary N) is 1. The first-order chi connectivity index (χ1) is 31.4. The van der Waals surface area contributed by atoms with Crippen molar-refractivity contribution in [1.29, 1.82) is 0 Å². The first-order valence-corrected chi connectivity index (χ1v) is 26.4. The lowest BCUT2D eigenvalue weighted by Gasteiger charge is -2.30. The maximum atomic E-state index is 12.8. The molecule has 26 nitrogen and oxygen atoms in total. The van der Waals surface area contributed by atoms with Crippen LogP contribution in [0, 0.1) is 5.41 Å². The number of imidazole rings is 1. The molecule has 0 bridgehead atoms. The highest BCUT2D eigenvalue weighted by molar-refractivity contribution is 8.13. The number of amides is 2. The van der Waals surface area contributed by atoms with E-state index in [0.29, 0.717) is 30.4 Å². The van der Waals surface area contributed by atoms with Crippen molar-refractivity contribution in [1.82, 2.24) is 30.2 Å². The Morgan fingerprint density at radius 2 is 1.70 bits per heavy atom. The Labute approximate surface area is 392 Å². The summed E-state index contributed by atoms with van der Waals surface area (Å²) in [4.78, 5) is 89.0. The number of thioether (sulfide) groups is 1. The zero-order valence-corrected chi connectivity index (χ0v) is 40.3. The molecule has 5 rings (SSSR count). The molecule has 2 aliphatic heterocycles. The molecule has 2 fully saturated rings. The van der Waals surface area contributed by atoms with Crippen molar-refractivity contribution < 1.29 is 90.0 Å². The van der Waals surface area contributed by atoms with Crippen LogP contribution in [-0.2, 0) is 55.4 Å². The minimum Gasteiger partial charge on any atom is -0.494 e. The molecule has 2 aromatic heterocycles. The highest BCUT2D eigenvalue weighted by Crippen LogP contribution is 2.61. The van der Waals surface area contributed by atoms with Crippen molar-refractivity contribution in [3.63, 3.8) is 0 Å². The molecule has 2 saturated heterocycles. The summed E-state index contributed by atoms with van der Waals surface area (Å²) in [5, 5.41) is 27.1. The van der Waals surface area contributed by atoms with Gasteiger partial charge in [0.1, 0.15) is 42.0 Å². The number of halogens is 1. The number of aliphatic hydroxyl groups is 2. The number of carbonyl (C=O) groups is 3. The van der Waals surface area contributed by atoms with Crippen LogP contribution in [0.15, 0.2) is 36.9 Å². The quantitative estimate of drug-likeness (QED) is 0.0286. The second-order valence-corrected chi connectivity index (χ2v) is 21.7. The summed E-state index contributed by atoms with van der Waals surface area (Å²) in [6, 6.07) is 7.15. The van der Waals surface area contributed by atoms with Gasteiger partial charge in [0.25, 0.3) is 0 Å². The first-order valence-electron chi connectivity index (χ1n) is 20.5. The number of phosphoric ester groups is 3. The molecule has 0 aliphatic carbocycles. The average Bonchev–Trinajstić information content (AvgIpc) is 3.83. The van der Waals surface area contributed by atoms with Gasteiger partial charge in [-0.3, -0.25) is 32.5 Å². The van der Waals surface area contributed by atoms with Crippen LogP contribution in [0.2, 0.25) is 5.02 Å². The SMILES string of the molecule is CC(C)(COP(=O)(O)OP(=O)(O)OC[C@H]1O[C@@H](n2cnc3c(N)ncnc32)[C@H](O)[C@@H]1OP(=O)(O)O)[C@@H](O)C(=O)NCCC(=O)NCCSC(=O)[C@@]1(CCCCCCOc2ccc(Cl)cc2)CO1. The predicted octanol–water partition coefficient (Wildman–Crippen LogP) is 2.12. The maximum absolute atomic E-state index is 12.8.